The summed E-state index contributed by atoms with van der Waals surface area (Å²) in [5.41, 5.74) is 2.28. The van der Waals surface area contributed by atoms with Gasteiger partial charge in [0.25, 0.3) is 5.91 Å². The van der Waals surface area contributed by atoms with Crippen LogP contribution in [0.15, 0.2) is 53.3 Å². The van der Waals surface area contributed by atoms with E-state index >= 15 is 0 Å². The number of hydrogen-bond acceptors (Lipinski definition) is 3. The van der Waals surface area contributed by atoms with E-state index < -0.39 is 6.10 Å². The number of amides is 1. The summed E-state index contributed by atoms with van der Waals surface area (Å²) in [6, 6.07) is 15.8. The first-order valence-corrected chi connectivity index (χ1v) is 9.60. The van der Waals surface area contributed by atoms with Crippen molar-refractivity contribution in [1.82, 2.24) is 9.88 Å². The molecule has 5 heteroatoms. The Balaban J connectivity index is 1.55. The molecule has 0 bridgehead atoms. The summed E-state index contributed by atoms with van der Waals surface area (Å²) in [6.07, 6.45) is -0.00247. The van der Waals surface area contributed by atoms with E-state index in [1.54, 1.807) is 18.7 Å². The summed E-state index contributed by atoms with van der Waals surface area (Å²) in [6.45, 7) is 4.27. The SMILES string of the molecule is Cc1cc(=O)c(C(=O)N2CC[C@H](c3ccc4ccccc4c3)[C@@H](O)C2)c(C)[nH]1. The second-order valence-corrected chi connectivity index (χ2v) is 7.64. The Morgan fingerprint density at radius 2 is 1.86 bits per heavy atom. The van der Waals surface area contributed by atoms with Gasteiger partial charge in [-0.05, 0) is 36.6 Å². The Bertz CT molecular complexity index is 1100. The Kier molecular flexibility index (Phi) is 4.77. The molecule has 2 heterocycles. The Labute approximate surface area is 163 Å². The molecule has 4 rings (SSSR count). The van der Waals surface area contributed by atoms with Gasteiger partial charge in [0.2, 0.25) is 0 Å². The van der Waals surface area contributed by atoms with Gasteiger partial charge in [-0.2, -0.15) is 0 Å². The third-order valence-corrected chi connectivity index (χ3v) is 5.64. The number of β-amino-alcohol motifs (C(OH)–C–C–N with tert-alkyl or cyclic N) is 1. The topological polar surface area (TPSA) is 73.4 Å². The largest absolute Gasteiger partial charge is 0.391 e. The summed E-state index contributed by atoms with van der Waals surface area (Å²) in [4.78, 5) is 29.9. The fraction of sp³-hybridized carbons (Fsp3) is 0.304. The number of aryl methyl sites for hydroxylation is 2. The van der Waals surface area contributed by atoms with Crippen molar-refractivity contribution < 1.29 is 9.90 Å². The van der Waals surface area contributed by atoms with E-state index in [4.69, 9.17) is 0 Å². The highest BCUT2D eigenvalue weighted by Gasteiger charge is 2.32. The lowest BCUT2D eigenvalue weighted by Crippen LogP contribution is -2.47. The Hall–Kier alpha value is -2.92. The molecule has 1 fully saturated rings. The Morgan fingerprint density at radius 1 is 1.11 bits per heavy atom. The number of aliphatic hydroxyl groups is 1. The fourth-order valence-corrected chi connectivity index (χ4v) is 4.22. The van der Waals surface area contributed by atoms with E-state index in [1.807, 2.05) is 12.1 Å². The van der Waals surface area contributed by atoms with Gasteiger partial charge >= 0.3 is 0 Å². The number of fused-ring (bicyclic) bond motifs is 1. The molecule has 0 radical (unpaired) electrons. The molecule has 1 amide bonds. The van der Waals surface area contributed by atoms with Crippen LogP contribution >= 0.6 is 0 Å². The van der Waals surface area contributed by atoms with Crippen molar-refractivity contribution in [2.45, 2.75) is 32.3 Å². The van der Waals surface area contributed by atoms with Gasteiger partial charge in [0, 0.05) is 36.5 Å². The van der Waals surface area contributed by atoms with Gasteiger partial charge in [-0.1, -0.05) is 42.5 Å². The number of carbonyl (C=O) groups excluding carboxylic acids is 1. The zero-order valence-corrected chi connectivity index (χ0v) is 16.1. The highest BCUT2D eigenvalue weighted by Crippen LogP contribution is 2.31. The minimum atomic E-state index is -0.663. The van der Waals surface area contributed by atoms with Crippen LogP contribution in [0.3, 0.4) is 0 Å². The van der Waals surface area contributed by atoms with Crippen molar-refractivity contribution in [2.75, 3.05) is 13.1 Å². The van der Waals surface area contributed by atoms with Crippen LogP contribution in [0.1, 0.15) is 39.6 Å². The molecule has 0 saturated carbocycles. The van der Waals surface area contributed by atoms with Gasteiger partial charge in [-0.3, -0.25) is 9.59 Å². The average molecular weight is 376 g/mol. The molecule has 144 valence electrons. The first-order valence-electron chi connectivity index (χ1n) is 9.60. The van der Waals surface area contributed by atoms with E-state index in [0.29, 0.717) is 18.7 Å². The molecular weight excluding hydrogens is 352 g/mol. The second-order valence-electron chi connectivity index (χ2n) is 7.64. The highest BCUT2D eigenvalue weighted by molar-refractivity contribution is 5.95. The third kappa shape index (κ3) is 3.34. The lowest BCUT2D eigenvalue weighted by atomic mass is 9.86. The van der Waals surface area contributed by atoms with Crippen molar-refractivity contribution >= 4 is 16.7 Å². The maximum atomic E-state index is 12.9. The number of H-pyrrole nitrogens is 1. The molecule has 2 atom stereocenters. The molecular formula is C23H24N2O3. The number of likely N-dealkylation sites (tertiary alicyclic amines) is 1. The van der Waals surface area contributed by atoms with Crippen LogP contribution in [-0.4, -0.2) is 40.1 Å². The highest BCUT2D eigenvalue weighted by atomic mass is 16.3. The Morgan fingerprint density at radius 3 is 2.57 bits per heavy atom. The maximum absolute atomic E-state index is 12.9. The number of rotatable bonds is 2. The normalized spacial score (nSPS) is 19.8. The zero-order chi connectivity index (χ0) is 19.8. The zero-order valence-electron chi connectivity index (χ0n) is 16.1. The van der Waals surface area contributed by atoms with Gasteiger partial charge in [0.05, 0.1) is 6.10 Å². The number of aromatic nitrogens is 1. The number of aliphatic hydroxyl groups excluding tert-OH is 1. The van der Waals surface area contributed by atoms with Gasteiger partial charge in [-0.15, -0.1) is 0 Å². The quantitative estimate of drug-likeness (QED) is 0.722. The van der Waals surface area contributed by atoms with Crippen molar-refractivity contribution in [3.8, 4) is 0 Å². The van der Waals surface area contributed by atoms with E-state index in [2.05, 4.69) is 35.3 Å². The number of nitrogens with zero attached hydrogens (tertiary/aromatic N) is 1. The number of pyridine rings is 1. The van der Waals surface area contributed by atoms with Gasteiger partial charge in [0.15, 0.2) is 5.43 Å². The first-order chi connectivity index (χ1) is 13.4. The summed E-state index contributed by atoms with van der Waals surface area (Å²) in [5, 5.41) is 13.1. The number of piperidine rings is 1. The second kappa shape index (κ2) is 7.24. The molecule has 0 spiro atoms. The number of nitrogens with one attached hydrogen (secondary N) is 1. The molecule has 1 aliphatic rings. The minimum absolute atomic E-state index is 0.0222. The molecule has 1 saturated heterocycles. The predicted molar refractivity (Wildman–Crippen MR) is 110 cm³/mol. The monoisotopic (exact) mass is 376 g/mol. The van der Waals surface area contributed by atoms with E-state index in [-0.39, 0.29) is 29.4 Å². The average Bonchev–Trinajstić information content (AvgIpc) is 2.66. The van der Waals surface area contributed by atoms with Crippen molar-refractivity contribution in [3.05, 3.63) is 81.3 Å². The smallest absolute Gasteiger partial charge is 0.259 e. The van der Waals surface area contributed by atoms with Crippen molar-refractivity contribution in [2.24, 2.45) is 0 Å². The van der Waals surface area contributed by atoms with Crippen LogP contribution in [0.2, 0.25) is 0 Å². The van der Waals surface area contributed by atoms with Crippen molar-refractivity contribution in [3.63, 3.8) is 0 Å². The molecule has 3 aromatic rings. The molecule has 5 nitrogen and oxygen atoms in total. The molecule has 28 heavy (non-hydrogen) atoms. The standard InChI is InChI=1S/C23H24N2O3/c1-14-11-20(26)22(15(2)24-14)23(28)25-10-9-19(21(27)13-25)18-8-7-16-5-3-4-6-17(16)12-18/h3-8,11-12,19,21,27H,9-10,13H2,1-2H3,(H,24,26)/t19-,21+/m1/s1. The van der Waals surface area contributed by atoms with Crippen molar-refractivity contribution in [1.29, 1.82) is 0 Å². The summed E-state index contributed by atoms with van der Waals surface area (Å²) in [7, 11) is 0. The molecule has 2 aromatic carbocycles. The van der Waals surface area contributed by atoms with E-state index in [1.165, 1.54) is 11.5 Å². The number of hydrogen-bond donors (Lipinski definition) is 2. The minimum Gasteiger partial charge on any atom is -0.391 e. The van der Waals surface area contributed by atoms with Gasteiger partial charge in [0.1, 0.15) is 5.56 Å². The van der Waals surface area contributed by atoms with Crippen LogP contribution in [0, 0.1) is 13.8 Å². The first kappa shape index (κ1) is 18.4. The van der Waals surface area contributed by atoms with E-state index in [9.17, 15) is 14.7 Å². The molecule has 2 N–H and O–H groups in total. The lowest BCUT2D eigenvalue weighted by Gasteiger charge is -2.36. The van der Waals surface area contributed by atoms with Gasteiger partial charge < -0.3 is 15.0 Å². The summed E-state index contributed by atoms with van der Waals surface area (Å²) >= 11 is 0. The molecule has 1 aliphatic heterocycles. The third-order valence-electron chi connectivity index (χ3n) is 5.64. The summed E-state index contributed by atoms with van der Waals surface area (Å²) in [5.74, 6) is -0.333. The number of carbonyl (C=O) groups is 1. The van der Waals surface area contributed by atoms with Crippen LogP contribution < -0.4 is 5.43 Å². The fourth-order valence-electron chi connectivity index (χ4n) is 4.22. The van der Waals surface area contributed by atoms with Crippen LogP contribution in [-0.2, 0) is 0 Å². The molecule has 1 aromatic heterocycles. The van der Waals surface area contributed by atoms with Crippen LogP contribution in [0.5, 0.6) is 0 Å². The molecule has 0 aliphatic carbocycles. The maximum Gasteiger partial charge on any atom is 0.259 e. The van der Waals surface area contributed by atoms with E-state index in [0.717, 1.165) is 16.6 Å². The predicted octanol–water partition coefficient (Wildman–Crippen LogP) is 3.14. The lowest BCUT2D eigenvalue weighted by molar-refractivity contribution is 0.0380. The summed E-state index contributed by atoms with van der Waals surface area (Å²) < 4.78 is 0. The van der Waals surface area contributed by atoms with Gasteiger partial charge in [-0.25, -0.2) is 0 Å². The van der Waals surface area contributed by atoms with Crippen LogP contribution in [0.25, 0.3) is 10.8 Å². The number of benzene rings is 2. The van der Waals surface area contributed by atoms with Crippen LogP contribution in [0.4, 0.5) is 0 Å². The number of aromatic amines is 1. The molecule has 0 unspecified atom stereocenters.